The Morgan fingerprint density at radius 1 is 1.29 bits per heavy atom. The zero-order valence-corrected chi connectivity index (χ0v) is 17.3. The molecule has 1 saturated heterocycles. The molecule has 1 aromatic heterocycles. The quantitative estimate of drug-likeness (QED) is 0.536. The average Bonchev–Trinajstić information content (AvgIpc) is 3.22. The Labute approximate surface area is 178 Å². The van der Waals surface area contributed by atoms with E-state index in [-0.39, 0.29) is 17.3 Å². The van der Waals surface area contributed by atoms with E-state index in [0.717, 1.165) is 12.5 Å². The van der Waals surface area contributed by atoms with E-state index < -0.39 is 29.4 Å². The van der Waals surface area contributed by atoms with E-state index in [1.165, 1.54) is 6.07 Å². The summed E-state index contributed by atoms with van der Waals surface area (Å²) in [6, 6.07) is 4.17. The number of halogens is 3. The van der Waals surface area contributed by atoms with Crippen LogP contribution in [0.3, 0.4) is 0 Å². The van der Waals surface area contributed by atoms with E-state index in [4.69, 9.17) is 16.2 Å². The Hall–Kier alpha value is -2.85. The fraction of sp³-hybridized carbons (Fsp3) is 0.429. The van der Waals surface area contributed by atoms with Crippen molar-refractivity contribution in [3.05, 3.63) is 46.9 Å². The van der Waals surface area contributed by atoms with Gasteiger partial charge in [0.1, 0.15) is 23.1 Å². The lowest BCUT2D eigenvalue weighted by Crippen LogP contribution is -2.57. The van der Waals surface area contributed by atoms with E-state index in [9.17, 15) is 8.78 Å². The molecule has 2 aliphatic rings. The predicted octanol–water partition coefficient (Wildman–Crippen LogP) is 3.51. The van der Waals surface area contributed by atoms with Gasteiger partial charge in [-0.25, -0.2) is 23.1 Å². The van der Waals surface area contributed by atoms with Crippen LogP contribution >= 0.6 is 0 Å². The lowest BCUT2D eigenvalue weighted by Gasteiger charge is -2.41. The smallest absolute Gasteiger partial charge is 0.266 e. The first-order valence-corrected chi connectivity index (χ1v) is 10.0. The largest absolute Gasteiger partial charge is 0.399 e. The van der Waals surface area contributed by atoms with Crippen LogP contribution in [0.5, 0.6) is 0 Å². The first-order chi connectivity index (χ1) is 14.7. The predicted molar refractivity (Wildman–Crippen MR) is 113 cm³/mol. The van der Waals surface area contributed by atoms with Crippen LogP contribution in [0.2, 0.25) is 0 Å². The number of benzene rings is 1. The number of rotatable bonds is 5. The SMILES string of the molecule is CC1=Nc2cnc(N[C@H]3CCOC3)cc2C(N)([C@H](C)c2cc(N)cc(C(F)F)c2F)N1. The highest BCUT2D eigenvalue weighted by Gasteiger charge is 2.41. The molecular formula is C21H25F3N6O. The van der Waals surface area contributed by atoms with Crippen molar-refractivity contribution in [3.63, 3.8) is 0 Å². The second-order valence-electron chi connectivity index (χ2n) is 8.02. The minimum absolute atomic E-state index is 0.00136. The zero-order valence-electron chi connectivity index (χ0n) is 17.3. The van der Waals surface area contributed by atoms with E-state index in [1.54, 1.807) is 26.1 Å². The topological polar surface area (TPSA) is 111 Å². The summed E-state index contributed by atoms with van der Waals surface area (Å²) in [4.78, 5) is 8.85. The Balaban J connectivity index is 1.77. The van der Waals surface area contributed by atoms with E-state index in [1.807, 2.05) is 0 Å². The van der Waals surface area contributed by atoms with Crippen molar-refractivity contribution in [2.24, 2.45) is 10.7 Å². The molecule has 0 amide bonds. The number of amidine groups is 1. The number of anilines is 2. The molecule has 2 aliphatic heterocycles. The molecule has 0 spiro atoms. The standard InChI is InChI=1S/C21H25F3N6O/c1-10(14-5-12(25)6-15(19(14)22)20(23)24)21(26)16-7-18(29-13-3-4-31-9-13)27-8-17(16)28-11(2)30-21/h5-8,10,13,20H,3-4,9,25-26H2,1-2H3,(H,27,29)(H,28,30)/t10-,13+,21?/m1/s1. The molecule has 7 nitrogen and oxygen atoms in total. The Morgan fingerprint density at radius 2 is 2.03 bits per heavy atom. The molecule has 3 atom stereocenters. The lowest BCUT2D eigenvalue weighted by molar-refractivity contribution is 0.145. The van der Waals surface area contributed by atoms with Gasteiger partial charge in [0.2, 0.25) is 0 Å². The average molecular weight is 434 g/mol. The molecule has 0 aliphatic carbocycles. The van der Waals surface area contributed by atoms with Crippen molar-refractivity contribution >= 4 is 23.0 Å². The fourth-order valence-corrected chi connectivity index (χ4v) is 4.14. The van der Waals surface area contributed by atoms with Crippen molar-refractivity contribution in [1.29, 1.82) is 0 Å². The Kier molecular flexibility index (Phi) is 5.52. The number of aromatic nitrogens is 1. The van der Waals surface area contributed by atoms with Gasteiger partial charge in [-0.05, 0) is 37.1 Å². The van der Waals surface area contributed by atoms with Gasteiger partial charge in [-0.1, -0.05) is 6.92 Å². The highest BCUT2D eigenvalue weighted by atomic mass is 19.3. The van der Waals surface area contributed by atoms with Gasteiger partial charge in [-0.15, -0.1) is 0 Å². The minimum atomic E-state index is -2.99. The van der Waals surface area contributed by atoms with Crippen molar-refractivity contribution in [2.75, 3.05) is 24.3 Å². The summed E-state index contributed by atoms with van der Waals surface area (Å²) in [5.41, 5.74) is 11.7. The molecule has 1 aromatic carbocycles. The first kappa shape index (κ1) is 21.4. The number of nitrogens with zero attached hydrogens (tertiary/aromatic N) is 2. The van der Waals surface area contributed by atoms with E-state index in [0.29, 0.717) is 36.1 Å². The molecule has 166 valence electrons. The summed E-state index contributed by atoms with van der Waals surface area (Å²) in [6.07, 6.45) is -0.554. The van der Waals surface area contributed by atoms with Gasteiger partial charge in [0.05, 0.1) is 30.1 Å². The number of hydrogen-bond acceptors (Lipinski definition) is 7. The number of nitrogen functional groups attached to an aromatic ring is 1. The third-order valence-corrected chi connectivity index (χ3v) is 5.82. The number of hydrogen-bond donors (Lipinski definition) is 4. The second-order valence-corrected chi connectivity index (χ2v) is 8.02. The van der Waals surface area contributed by atoms with Crippen molar-refractivity contribution in [1.82, 2.24) is 10.3 Å². The molecule has 10 heteroatoms. The molecule has 0 radical (unpaired) electrons. The monoisotopic (exact) mass is 434 g/mol. The third kappa shape index (κ3) is 3.92. The Bertz CT molecular complexity index is 1020. The van der Waals surface area contributed by atoms with Crippen LogP contribution in [0.4, 0.5) is 30.4 Å². The maximum Gasteiger partial charge on any atom is 0.266 e. The molecule has 4 rings (SSSR count). The molecule has 1 unspecified atom stereocenters. The van der Waals surface area contributed by atoms with E-state index >= 15 is 4.39 Å². The van der Waals surface area contributed by atoms with Crippen LogP contribution in [0.15, 0.2) is 29.4 Å². The van der Waals surface area contributed by atoms with Crippen LogP contribution in [0.1, 0.15) is 49.3 Å². The highest BCUT2D eigenvalue weighted by molar-refractivity contribution is 5.86. The Morgan fingerprint density at radius 3 is 2.71 bits per heavy atom. The number of aliphatic imine (C=N–C) groups is 1. The summed E-state index contributed by atoms with van der Waals surface area (Å²) in [5, 5.41) is 6.42. The van der Waals surface area contributed by atoms with Gasteiger partial charge in [-0.3, -0.25) is 0 Å². The van der Waals surface area contributed by atoms with Gasteiger partial charge in [0, 0.05) is 23.8 Å². The zero-order chi connectivity index (χ0) is 22.3. The molecule has 6 N–H and O–H groups in total. The molecule has 1 fully saturated rings. The third-order valence-electron chi connectivity index (χ3n) is 5.82. The summed E-state index contributed by atoms with van der Waals surface area (Å²) in [6.45, 7) is 4.64. The summed E-state index contributed by atoms with van der Waals surface area (Å²) in [7, 11) is 0. The minimum Gasteiger partial charge on any atom is -0.399 e. The van der Waals surface area contributed by atoms with Crippen molar-refractivity contribution in [2.45, 2.75) is 44.3 Å². The van der Waals surface area contributed by atoms with Crippen LogP contribution in [0.25, 0.3) is 0 Å². The maximum atomic E-state index is 15.0. The summed E-state index contributed by atoms with van der Waals surface area (Å²) in [5.74, 6) is -0.690. The van der Waals surface area contributed by atoms with Gasteiger partial charge in [0.25, 0.3) is 6.43 Å². The lowest BCUT2D eigenvalue weighted by atomic mass is 9.80. The summed E-state index contributed by atoms with van der Waals surface area (Å²) < 4.78 is 47.1. The van der Waals surface area contributed by atoms with Crippen LogP contribution in [-0.2, 0) is 10.4 Å². The van der Waals surface area contributed by atoms with Gasteiger partial charge in [-0.2, -0.15) is 0 Å². The normalized spacial score (nSPS) is 23.8. The van der Waals surface area contributed by atoms with Crippen molar-refractivity contribution < 1.29 is 17.9 Å². The fourth-order valence-electron chi connectivity index (χ4n) is 4.14. The molecule has 3 heterocycles. The number of alkyl halides is 2. The van der Waals surface area contributed by atoms with Crippen LogP contribution in [-0.4, -0.2) is 30.1 Å². The number of nitrogens with one attached hydrogen (secondary N) is 2. The number of fused-ring (bicyclic) bond motifs is 1. The van der Waals surface area contributed by atoms with E-state index in [2.05, 4.69) is 20.6 Å². The van der Waals surface area contributed by atoms with Gasteiger partial charge >= 0.3 is 0 Å². The number of nitrogens with two attached hydrogens (primary N) is 2. The van der Waals surface area contributed by atoms with Crippen LogP contribution in [0, 0.1) is 5.82 Å². The second kappa shape index (κ2) is 8.01. The summed E-state index contributed by atoms with van der Waals surface area (Å²) >= 11 is 0. The molecular weight excluding hydrogens is 409 g/mol. The van der Waals surface area contributed by atoms with Gasteiger partial charge < -0.3 is 26.8 Å². The number of ether oxygens (including phenoxy) is 1. The van der Waals surface area contributed by atoms with Gasteiger partial charge in [0.15, 0.2) is 0 Å². The molecule has 2 aromatic rings. The van der Waals surface area contributed by atoms with Crippen LogP contribution < -0.4 is 22.1 Å². The first-order valence-electron chi connectivity index (χ1n) is 10.0. The molecule has 31 heavy (non-hydrogen) atoms. The number of pyridine rings is 1. The molecule has 0 bridgehead atoms. The molecule has 0 saturated carbocycles. The van der Waals surface area contributed by atoms with Crippen molar-refractivity contribution in [3.8, 4) is 0 Å². The highest BCUT2D eigenvalue weighted by Crippen LogP contribution is 2.42. The maximum absolute atomic E-state index is 15.0.